The summed E-state index contributed by atoms with van der Waals surface area (Å²) < 4.78 is 5.74. The van der Waals surface area contributed by atoms with E-state index >= 15 is 0 Å². The molecule has 0 saturated heterocycles. The zero-order valence-electron chi connectivity index (χ0n) is 11.9. The van der Waals surface area contributed by atoms with Gasteiger partial charge >= 0.3 is 0 Å². The summed E-state index contributed by atoms with van der Waals surface area (Å²) in [5.41, 5.74) is 0.631. The van der Waals surface area contributed by atoms with Crippen molar-refractivity contribution in [2.75, 3.05) is 13.7 Å². The lowest BCUT2D eigenvalue weighted by molar-refractivity contribution is 0.0670. The van der Waals surface area contributed by atoms with Crippen LogP contribution < -0.4 is 0 Å². The molecule has 108 valence electrons. The van der Waals surface area contributed by atoms with Crippen LogP contribution in [0.5, 0.6) is 0 Å². The highest BCUT2D eigenvalue weighted by atomic mass is 35.5. The van der Waals surface area contributed by atoms with E-state index in [9.17, 15) is 5.11 Å². The zero-order chi connectivity index (χ0) is 14.8. The average molecular weight is 295 g/mol. The molecule has 20 heavy (non-hydrogen) atoms. The average Bonchev–Trinajstić information content (AvgIpc) is 2.88. The Hall–Kier alpha value is -1.36. The van der Waals surface area contributed by atoms with Crippen molar-refractivity contribution >= 4 is 11.6 Å². The number of likely N-dealkylation sites (N-methyl/N-ethyl adjacent to an activating group) is 1. The quantitative estimate of drug-likeness (QED) is 0.920. The first-order chi connectivity index (χ1) is 9.42. The van der Waals surface area contributed by atoms with Crippen molar-refractivity contribution in [1.82, 2.24) is 9.88 Å². The van der Waals surface area contributed by atoms with Gasteiger partial charge in [-0.05, 0) is 45.2 Å². The molecule has 2 rings (SSSR count). The fourth-order valence-corrected chi connectivity index (χ4v) is 1.79. The lowest BCUT2D eigenvalue weighted by Crippen LogP contribution is -2.43. The number of rotatable bonds is 5. The van der Waals surface area contributed by atoms with Crippen LogP contribution in [0.3, 0.4) is 0 Å². The van der Waals surface area contributed by atoms with E-state index in [1.165, 1.54) is 0 Å². The second-order valence-corrected chi connectivity index (χ2v) is 5.89. The summed E-state index contributed by atoms with van der Waals surface area (Å²) in [6.45, 7) is 4.56. The van der Waals surface area contributed by atoms with Crippen LogP contribution in [-0.2, 0) is 6.54 Å². The largest absolute Gasteiger partial charge is 0.439 e. The van der Waals surface area contributed by atoms with Gasteiger partial charge in [0.2, 0.25) is 5.89 Å². The van der Waals surface area contributed by atoms with E-state index < -0.39 is 0 Å². The fraction of sp³-hybridized carbons (Fsp3) is 0.400. The lowest BCUT2D eigenvalue weighted by Gasteiger charge is -2.32. The number of nitrogens with zero attached hydrogens (tertiary/aromatic N) is 2. The Morgan fingerprint density at radius 1 is 1.30 bits per heavy atom. The first kappa shape index (κ1) is 15.0. The van der Waals surface area contributed by atoms with Crippen LogP contribution in [0.1, 0.15) is 19.7 Å². The first-order valence-electron chi connectivity index (χ1n) is 6.45. The molecule has 1 N–H and O–H groups in total. The molecule has 1 heterocycles. The summed E-state index contributed by atoms with van der Waals surface area (Å²) in [6.07, 6.45) is 1.71. The lowest BCUT2D eigenvalue weighted by atomic mass is 10.1. The van der Waals surface area contributed by atoms with Crippen molar-refractivity contribution in [3.05, 3.63) is 41.4 Å². The molecule has 0 bridgehead atoms. The number of aliphatic hydroxyl groups excluding tert-OH is 1. The van der Waals surface area contributed by atoms with E-state index in [-0.39, 0.29) is 12.1 Å². The number of benzene rings is 1. The molecule has 0 fully saturated rings. The van der Waals surface area contributed by atoms with Crippen molar-refractivity contribution in [2.45, 2.75) is 25.9 Å². The predicted octanol–water partition coefficient (Wildman–Crippen LogP) is 3.20. The second-order valence-electron chi connectivity index (χ2n) is 5.45. The number of aliphatic hydroxyl groups is 1. The van der Waals surface area contributed by atoms with Crippen molar-refractivity contribution in [3.8, 4) is 11.3 Å². The Morgan fingerprint density at radius 3 is 2.55 bits per heavy atom. The highest BCUT2D eigenvalue weighted by Gasteiger charge is 2.23. The Balaban J connectivity index is 2.11. The molecule has 1 aromatic carbocycles. The summed E-state index contributed by atoms with van der Waals surface area (Å²) >= 11 is 5.86. The molecule has 0 amide bonds. The number of hydrogen-bond acceptors (Lipinski definition) is 4. The Kier molecular flexibility index (Phi) is 4.48. The Morgan fingerprint density at radius 2 is 1.95 bits per heavy atom. The van der Waals surface area contributed by atoms with E-state index in [0.29, 0.717) is 23.2 Å². The van der Waals surface area contributed by atoms with Crippen molar-refractivity contribution in [2.24, 2.45) is 0 Å². The number of aromatic nitrogens is 1. The molecule has 4 nitrogen and oxygen atoms in total. The number of oxazole rings is 1. The van der Waals surface area contributed by atoms with Crippen LogP contribution in [0.25, 0.3) is 11.3 Å². The molecule has 1 aromatic heterocycles. The van der Waals surface area contributed by atoms with Gasteiger partial charge in [0.15, 0.2) is 5.76 Å². The minimum absolute atomic E-state index is 0.0776. The third-order valence-corrected chi connectivity index (χ3v) is 3.73. The molecular weight excluding hydrogens is 276 g/mol. The molecule has 0 aliphatic rings. The normalized spacial score (nSPS) is 12.1. The molecule has 0 radical (unpaired) electrons. The molecule has 0 spiro atoms. The van der Waals surface area contributed by atoms with E-state index in [1.54, 1.807) is 6.20 Å². The number of halogens is 1. The summed E-state index contributed by atoms with van der Waals surface area (Å²) in [4.78, 5) is 6.28. The SMILES string of the molecule is CN(Cc1ncc(-c2ccc(Cl)cc2)o1)C(C)(C)CO. The van der Waals surface area contributed by atoms with E-state index in [2.05, 4.69) is 4.98 Å². The summed E-state index contributed by atoms with van der Waals surface area (Å²) in [7, 11) is 1.93. The Bertz CT molecular complexity index is 564. The van der Waals surface area contributed by atoms with Crippen LogP contribution in [0, 0.1) is 0 Å². The molecule has 0 aliphatic carbocycles. The monoisotopic (exact) mass is 294 g/mol. The summed E-state index contributed by atoms with van der Waals surface area (Å²) in [6, 6.07) is 7.43. The predicted molar refractivity (Wildman–Crippen MR) is 79.6 cm³/mol. The maximum Gasteiger partial charge on any atom is 0.209 e. The van der Waals surface area contributed by atoms with Gasteiger partial charge in [0, 0.05) is 16.1 Å². The zero-order valence-corrected chi connectivity index (χ0v) is 12.7. The van der Waals surface area contributed by atoms with E-state index in [1.807, 2.05) is 50.1 Å². The van der Waals surface area contributed by atoms with Crippen LogP contribution >= 0.6 is 11.6 Å². The second kappa shape index (κ2) is 5.95. The van der Waals surface area contributed by atoms with E-state index in [4.69, 9.17) is 16.0 Å². The van der Waals surface area contributed by atoms with Crippen LogP contribution in [-0.4, -0.2) is 34.2 Å². The standard InChI is InChI=1S/C15H19ClN2O2/c1-15(2,10-19)18(3)9-14-17-8-13(20-14)11-4-6-12(16)7-5-11/h4-8,19H,9-10H2,1-3H3. The summed E-state index contributed by atoms with van der Waals surface area (Å²) in [5.74, 6) is 1.34. The van der Waals surface area contributed by atoms with Gasteiger partial charge in [-0.1, -0.05) is 11.6 Å². The summed E-state index contributed by atoms with van der Waals surface area (Å²) in [5, 5.41) is 10.0. The van der Waals surface area contributed by atoms with Crippen LogP contribution in [0.2, 0.25) is 5.02 Å². The van der Waals surface area contributed by atoms with Crippen LogP contribution in [0.4, 0.5) is 0 Å². The highest BCUT2D eigenvalue weighted by molar-refractivity contribution is 6.30. The van der Waals surface area contributed by atoms with Gasteiger partial charge in [-0.3, -0.25) is 4.90 Å². The van der Waals surface area contributed by atoms with Gasteiger partial charge in [0.1, 0.15) is 0 Å². The molecule has 2 aromatic rings. The molecule has 0 unspecified atom stereocenters. The molecule has 0 saturated carbocycles. The first-order valence-corrected chi connectivity index (χ1v) is 6.83. The van der Waals surface area contributed by atoms with Crippen LogP contribution in [0.15, 0.2) is 34.9 Å². The van der Waals surface area contributed by atoms with Gasteiger partial charge in [-0.2, -0.15) is 0 Å². The molecule has 0 aliphatic heterocycles. The third-order valence-electron chi connectivity index (χ3n) is 3.48. The van der Waals surface area contributed by atoms with Gasteiger partial charge in [0.05, 0.1) is 19.3 Å². The minimum Gasteiger partial charge on any atom is -0.439 e. The number of hydrogen-bond donors (Lipinski definition) is 1. The Labute approximate surface area is 124 Å². The maximum absolute atomic E-state index is 9.35. The third kappa shape index (κ3) is 3.39. The minimum atomic E-state index is -0.311. The van der Waals surface area contributed by atoms with Gasteiger partial charge in [-0.15, -0.1) is 0 Å². The molecular formula is C15H19ClN2O2. The van der Waals surface area contributed by atoms with Crippen molar-refractivity contribution in [1.29, 1.82) is 0 Å². The smallest absolute Gasteiger partial charge is 0.209 e. The van der Waals surface area contributed by atoms with Gasteiger partial charge < -0.3 is 9.52 Å². The molecule has 5 heteroatoms. The highest BCUT2D eigenvalue weighted by Crippen LogP contribution is 2.23. The van der Waals surface area contributed by atoms with Crippen molar-refractivity contribution in [3.63, 3.8) is 0 Å². The van der Waals surface area contributed by atoms with Gasteiger partial charge in [0.25, 0.3) is 0 Å². The topological polar surface area (TPSA) is 49.5 Å². The van der Waals surface area contributed by atoms with E-state index in [0.717, 1.165) is 5.56 Å². The molecule has 0 atom stereocenters. The van der Waals surface area contributed by atoms with Gasteiger partial charge in [-0.25, -0.2) is 4.98 Å². The maximum atomic E-state index is 9.35. The fourth-order valence-electron chi connectivity index (χ4n) is 1.67. The van der Waals surface area contributed by atoms with Crippen molar-refractivity contribution < 1.29 is 9.52 Å².